The standard InChI is InChI=1S/C25H22F3N3O2/c26-25(27,28)21-29-13-20(30-21)16-5-7-18(8-6-16)23(9-10-23)22(32)31-12-11-24(15-31)19-4-2-1-3-17(19)14-33-24/h1-8,13H,9-12,14-15H2,(H,29,30). The van der Waals surface area contributed by atoms with Crippen molar-refractivity contribution >= 4 is 5.91 Å². The van der Waals surface area contributed by atoms with Crippen LogP contribution < -0.4 is 0 Å². The fourth-order valence-corrected chi connectivity index (χ4v) is 5.31. The zero-order valence-corrected chi connectivity index (χ0v) is 17.8. The van der Waals surface area contributed by atoms with Crippen LogP contribution in [0.5, 0.6) is 0 Å². The van der Waals surface area contributed by atoms with E-state index in [-0.39, 0.29) is 5.91 Å². The Hall–Kier alpha value is -3.13. The molecule has 1 aromatic heterocycles. The van der Waals surface area contributed by atoms with Crippen molar-refractivity contribution in [3.8, 4) is 11.3 Å². The van der Waals surface area contributed by atoms with E-state index in [1.165, 1.54) is 17.3 Å². The molecule has 1 amide bonds. The number of fused-ring (bicyclic) bond motifs is 2. The van der Waals surface area contributed by atoms with Crippen LogP contribution in [0.25, 0.3) is 11.3 Å². The van der Waals surface area contributed by atoms with Gasteiger partial charge in [-0.15, -0.1) is 0 Å². The van der Waals surface area contributed by atoms with Gasteiger partial charge in [0.25, 0.3) is 0 Å². The Kier molecular flexibility index (Phi) is 4.30. The molecule has 1 atom stereocenters. The van der Waals surface area contributed by atoms with Crippen molar-refractivity contribution in [2.24, 2.45) is 0 Å². The summed E-state index contributed by atoms with van der Waals surface area (Å²) in [6, 6.07) is 15.4. The SMILES string of the molecule is O=C(N1CCC2(C1)OCc1ccccc12)C1(c2ccc(-c3cnc(C(F)(F)F)[nH]3)cc2)CC1. The number of nitrogens with zero attached hydrogens (tertiary/aromatic N) is 2. The average Bonchev–Trinajstić information content (AvgIpc) is 3.17. The van der Waals surface area contributed by atoms with E-state index in [4.69, 9.17) is 4.74 Å². The molecule has 1 unspecified atom stereocenters. The number of carbonyl (C=O) groups is 1. The summed E-state index contributed by atoms with van der Waals surface area (Å²) in [6.45, 7) is 1.78. The minimum atomic E-state index is -4.51. The minimum absolute atomic E-state index is 0.112. The molecule has 6 rings (SSSR count). The molecule has 1 saturated heterocycles. The van der Waals surface area contributed by atoms with E-state index in [2.05, 4.69) is 22.1 Å². The number of alkyl halides is 3. The molecule has 2 fully saturated rings. The monoisotopic (exact) mass is 453 g/mol. The van der Waals surface area contributed by atoms with Gasteiger partial charge in [-0.05, 0) is 41.5 Å². The molecule has 1 N–H and O–H groups in total. The number of aromatic amines is 1. The molecular formula is C25H22F3N3O2. The van der Waals surface area contributed by atoms with Gasteiger partial charge in [0, 0.05) is 6.54 Å². The van der Waals surface area contributed by atoms with Crippen LogP contribution >= 0.6 is 0 Å². The van der Waals surface area contributed by atoms with Crippen molar-refractivity contribution in [3.05, 3.63) is 77.2 Å². The summed E-state index contributed by atoms with van der Waals surface area (Å²) in [4.78, 5) is 21.3. The maximum absolute atomic E-state index is 13.6. The van der Waals surface area contributed by atoms with Gasteiger partial charge in [0.15, 0.2) is 0 Å². The third-order valence-corrected chi connectivity index (χ3v) is 7.28. The van der Waals surface area contributed by atoms with Crippen LogP contribution in [0.15, 0.2) is 54.7 Å². The largest absolute Gasteiger partial charge is 0.449 e. The second-order valence-electron chi connectivity index (χ2n) is 9.22. The van der Waals surface area contributed by atoms with Crippen LogP contribution in [0.1, 0.15) is 41.8 Å². The van der Waals surface area contributed by atoms with Gasteiger partial charge < -0.3 is 14.6 Å². The van der Waals surface area contributed by atoms with Crippen LogP contribution in [0, 0.1) is 0 Å². The predicted molar refractivity (Wildman–Crippen MR) is 114 cm³/mol. The van der Waals surface area contributed by atoms with E-state index in [0.29, 0.717) is 31.0 Å². The fraction of sp³-hybridized carbons (Fsp3) is 0.360. The zero-order valence-electron chi connectivity index (χ0n) is 17.8. The number of hydrogen-bond donors (Lipinski definition) is 1. The number of carbonyl (C=O) groups excluding carboxylic acids is 1. The van der Waals surface area contributed by atoms with Crippen LogP contribution in [0.2, 0.25) is 0 Å². The van der Waals surface area contributed by atoms with Gasteiger partial charge >= 0.3 is 6.18 Å². The summed E-state index contributed by atoms with van der Waals surface area (Å²) in [6.07, 6.45) is -1.01. The number of rotatable bonds is 3. The molecule has 3 aromatic rings. The molecule has 1 spiro atoms. The Balaban J connectivity index is 1.21. The number of nitrogens with one attached hydrogen (secondary N) is 1. The van der Waals surface area contributed by atoms with Crippen molar-refractivity contribution in [1.82, 2.24) is 14.9 Å². The molecule has 170 valence electrons. The molecule has 1 saturated carbocycles. The van der Waals surface area contributed by atoms with E-state index in [0.717, 1.165) is 24.8 Å². The predicted octanol–water partition coefficient (Wildman–Crippen LogP) is 4.79. The summed E-state index contributed by atoms with van der Waals surface area (Å²) in [5.74, 6) is -0.907. The first-order chi connectivity index (χ1) is 15.8. The van der Waals surface area contributed by atoms with Crippen LogP contribution in [-0.4, -0.2) is 33.9 Å². The Labute approximate surface area is 188 Å². The van der Waals surface area contributed by atoms with Gasteiger partial charge in [-0.3, -0.25) is 4.79 Å². The number of hydrogen-bond acceptors (Lipinski definition) is 3. The van der Waals surface area contributed by atoms with E-state index in [1.807, 2.05) is 29.2 Å². The van der Waals surface area contributed by atoms with Gasteiger partial charge in [-0.2, -0.15) is 13.2 Å². The van der Waals surface area contributed by atoms with Gasteiger partial charge in [0.2, 0.25) is 11.7 Å². The molecule has 8 heteroatoms. The maximum Gasteiger partial charge on any atom is 0.449 e. The first kappa shape index (κ1) is 20.5. The number of amides is 1. The lowest BCUT2D eigenvalue weighted by molar-refractivity contribution is -0.144. The number of H-pyrrole nitrogens is 1. The van der Waals surface area contributed by atoms with Crippen LogP contribution in [-0.2, 0) is 33.3 Å². The molecule has 0 radical (unpaired) electrons. The molecule has 0 bridgehead atoms. The van der Waals surface area contributed by atoms with E-state index < -0.39 is 23.0 Å². The highest BCUT2D eigenvalue weighted by molar-refractivity contribution is 5.91. The molecule has 3 heterocycles. The number of ether oxygens (including phenoxy) is 1. The lowest BCUT2D eigenvalue weighted by Crippen LogP contribution is -2.40. The van der Waals surface area contributed by atoms with Crippen LogP contribution in [0.3, 0.4) is 0 Å². The number of benzene rings is 2. The molecule has 33 heavy (non-hydrogen) atoms. The molecule has 3 aliphatic rings. The highest BCUT2D eigenvalue weighted by Gasteiger charge is 2.56. The second kappa shape index (κ2) is 6.93. The number of imidazole rings is 1. The first-order valence-electron chi connectivity index (χ1n) is 11.1. The quantitative estimate of drug-likeness (QED) is 0.621. The van der Waals surface area contributed by atoms with Gasteiger partial charge in [0.05, 0.1) is 30.5 Å². The van der Waals surface area contributed by atoms with E-state index >= 15 is 0 Å². The summed E-state index contributed by atoms with van der Waals surface area (Å²) in [5.41, 5.74) is 3.21. The third kappa shape index (κ3) is 3.19. The lowest BCUT2D eigenvalue weighted by Gasteiger charge is -2.27. The normalized spacial score (nSPS) is 23.2. The number of halogens is 3. The molecule has 1 aliphatic carbocycles. The summed E-state index contributed by atoms with van der Waals surface area (Å²) in [5, 5.41) is 0. The van der Waals surface area contributed by atoms with Gasteiger partial charge in [0.1, 0.15) is 5.60 Å². The summed E-state index contributed by atoms with van der Waals surface area (Å²) >= 11 is 0. The van der Waals surface area contributed by atoms with Crippen molar-refractivity contribution < 1.29 is 22.7 Å². The number of likely N-dealkylation sites (tertiary alicyclic amines) is 1. The van der Waals surface area contributed by atoms with E-state index in [9.17, 15) is 18.0 Å². The first-order valence-corrected chi connectivity index (χ1v) is 11.1. The van der Waals surface area contributed by atoms with Gasteiger partial charge in [-0.25, -0.2) is 4.98 Å². The Morgan fingerprint density at radius 3 is 2.52 bits per heavy atom. The third-order valence-electron chi connectivity index (χ3n) is 7.28. The molecule has 2 aromatic carbocycles. The second-order valence-corrected chi connectivity index (χ2v) is 9.22. The van der Waals surface area contributed by atoms with Crippen LogP contribution in [0.4, 0.5) is 13.2 Å². The highest BCUT2D eigenvalue weighted by Crippen LogP contribution is 2.52. The minimum Gasteiger partial charge on any atom is -0.364 e. The van der Waals surface area contributed by atoms with Crippen molar-refractivity contribution in [2.45, 2.75) is 43.1 Å². The maximum atomic E-state index is 13.6. The fourth-order valence-electron chi connectivity index (χ4n) is 5.31. The Morgan fingerprint density at radius 2 is 1.82 bits per heavy atom. The Morgan fingerprint density at radius 1 is 1.06 bits per heavy atom. The summed E-state index contributed by atoms with van der Waals surface area (Å²) in [7, 11) is 0. The zero-order chi connectivity index (χ0) is 22.8. The smallest absolute Gasteiger partial charge is 0.364 e. The number of aromatic nitrogens is 2. The molecule has 2 aliphatic heterocycles. The average molecular weight is 453 g/mol. The molecular weight excluding hydrogens is 431 g/mol. The van der Waals surface area contributed by atoms with Gasteiger partial charge in [-0.1, -0.05) is 48.5 Å². The van der Waals surface area contributed by atoms with Crippen molar-refractivity contribution in [2.75, 3.05) is 13.1 Å². The Bertz CT molecular complexity index is 1230. The lowest BCUT2D eigenvalue weighted by atomic mass is 9.91. The van der Waals surface area contributed by atoms with Crippen molar-refractivity contribution in [3.63, 3.8) is 0 Å². The van der Waals surface area contributed by atoms with E-state index in [1.54, 1.807) is 12.1 Å². The highest BCUT2D eigenvalue weighted by atomic mass is 19.4. The topological polar surface area (TPSA) is 58.2 Å². The molecule has 5 nitrogen and oxygen atoms in total. The summed E-state index contributed by atoms with van der Waals surface area (Å²) < 4.78 is 44.7. The van der Waals surface area contributed by atoms with Crippen molar-refractivity contribution in [1.29, 1.82) is 0 Å².